The van der Waals surface area contributed by atoms with Crippen LogP contribution in [-0.4, -0.2) is 84.2 Å². The number of benzene rings is 1. The number of piperazine rings is 1. The third-order valence-electron chi connectivity index (χ3n) is 6.70. The molecule has 3 aliphatic heterocycles. The van der Waals surface area contributed by atoms with Crippen LogP contribution in [0, 0.1) is 0 Å². The Balaban J connectivity index is 1.70. The Labute approximate surface area is 227 Å². The van der Waals surface area contributed by atoms with Crippen molar-refractivity contribution in [2.75, 3.05) is 40.4 Å². The van der Waals surface area contributed by atoms with Crippen LogP contribution in [0.1, 0.15) is 45.7 Å². The lowest BCUT2D eigenvalue weighted by Crippen LogP contribution is -2.50. The van der Waals surface area contributed by atoms with E-state index in [1.807, 2.05) is 16.4 Å². The lowest BCUT2D eigenvalue weighted by atomic mass is 9.92. The van der Waals surface area contributed by atoms with Gasteiger partial charge in [0, 0.05) is 44.4 Å². The molecule has 0 N–H and O–H groups in total. The van der Waals surface area contributed by atoms with Crippen molar-refractivity contribution in [1.82, 2.24) is 14.7 Å². The molecule has 3 heterocycles. The standard InChI is InChI=1S/C27H34N4O6S/c1-16(2)37-26(34)24-17(3)28-27-31(25(24)21-14-20(35-5)7-8-22(21)36-6)19(15-38-27)13-23(33)30-11-9-29(10-12-30)18(4)32/h7-8,14-16,25H,9-13H2,1-6H3/t25-/m0/s1. The molecule has 38 heavy (non-hydrogen) atoms. The van der Waals surface area contributed by atoms with Crippen molar-refractivity contribution in [1.29, 1.82) is 0 Å². The van der Waals surface area contributed by atoms with Crippen LogP contribution in [0.3, 0.4) is 0 Å². The minimum absolute atomic E-state index is 0.0132. The summed E-state index contributed by atoms with van der Waals surface area (Å²) in [6, 6.07) is 4.79. The summed E-state index contributed by atoms with van der Waals surface area (Å²) in [6.07, 6.45) is -0.195. The van der Waals surface area contributed by atoms with Gasteiger partial charge in [-0.3, -0.25) is 9.59 Å². The summed E-state index contributed by atoms with van der Waals surface area (Å²) in [5.41, 5.74) is 2.35. The number of fused-ring (bicyclic) bond motifs is 1. The van der Waals surface area contributed by atoms with E-state index >= 15 is 0 Å². The zero-order valence-corrected chi connectivity index (χ0v) is 23.5. The first kappa shape index (κ1) is 27.6. The van der Waals surface area contributed by atoms with Crippen LogP contribution >= 0.6 is 11.8 Å². The minimum atomic E-state index is -0.637. The van der Waals surface area contributed by atoms with E-state index in [-0.39, 0.29) is 24.3 Å². The number of thioether (sulfide) groups is 1. The number of methoxy groups -OCH3 is 2. The van der Waals surface area contributed by atoms with Gasteiger partial charge in [-0.2, -0.15) is 0 Å². The van der Waals surface area contributed by atoms with Crippen LogP contribution in [-0.2, 0) is 19.1 Å². The van der Waals surface area contributed by atoms with Gasteiger partial charge in [-0.1, -0.05) is 11.8 Å². The van der Waals surface area contributed by atoms with Crippen molar-refractivity contribution < 1.29 is 28.6 Å². The van der Waals surface area contributed by atoms with E-state index in [2.05, 4.69) is 0 Å². The maximum atomic E-state index is 13.4. The van der Waals surface area contributed by atoms with Gasteiger partial charge in [0.15, 0.2) is 5.17 Å². The van der Waals surface area contributed by atoms with Crippen molar-refractivity contribution in [3.63, 3.8) is 0 Å². The quantitative estimate of drug-likeness (QED) is 0.484. The SMILES string of the molecule is COc1ccc(OC)c([C@H]2C(C(=O)OC(C)C)=C(C)N=C3SC=C(CC(=O)N4CCN(C(C)=O)CC4)N32)c1. The van der Waals surface area contributed by atoms with Crippen LogP contribution in [0.4, 0.5) is 0 Å². The van der Waals surface area contributed by atoms with E-state index in [0.717, 1.165) is 5.70 Å². The predicted octanol–water partition coefficient (Wildman–Crippen LogP) is 3.31. The summed E-state index contributed by atoms with van der Waals surface area (Å²) in [4.78, 5) is 48.6. The molecule has 0 aromatic heterocycles. The molecular formula is C27H34N4O6S. The summed E-state index contributed by atoms with van der Waals surface area (Å²) in [5.74, 6) is 0.672. The number of nitrogens with zero attached hydrogens (tertiary/aromatic N) is 4. The Bertz CT molecular complexity index is 1220. The Morgan fingerprint density at radius 3 is 2.37 bits per heavy atom. The fourth-order valence-corrected chi connectivity index (χ4v) is 5.76. The molecule has 1 aromatic rings. The van der Waals surface area contributed by atoms with Gasteiger partial charge in [0.05, 0.1) is 44.1 Å². The van der Waals surface area contributed by atoms with E-state index in [4.69, 9.17) is 19.2 Å². The summed E-state index contributed by atoms with van der Waals surface area (Å²) >= 11 is 1.41. The number of hydrogen-bond donors (Lipinski definition) is 0. The monoisotopic (exact) mass is 542 g/mol. The first-order valence-electron chi connectivity index (χ1n) is 12.5. The molecule has 1 aromatic carbocycles. The molecule has 4 rings (SSSR count). The number of amides is 2. The van der Waals surface area contributed by atoms with Crippen LogP contribution in [0.25, 0.3) is 0 Å². The second-order valence-electron chi connectivity index (χ2n) is 9.52. The number of carbonyl (C=O) groups excluding carboxylic acids is 3. The van der Waals surface area contributed by atoms with Gasteiger partial charge in [0.2, 0.25) is 11.8 Å². The van der Waals surface area contributed by atoms with Gasteiger partial charge in [-0.25, -0.2) is 9.79 Å². The molecule has 0 saturated carbocycles. The summed E-state index contributed by atoms with van der Waals surface area (Å²) in [6.45, 7) is 8.93. The zero-order chi connectivity index (χ0) is 27.6. The van der Waals surface area contributed by atoms with Crippen LogP contribution in [0.2, 0.25) is 0 Å². The normalized spacial score (nSPS) is 19.2. The van der Waals surface area contributed by atoms with Gasteiger partial charge in [0.1, 0.15) is 11.5 Å². The van der Waals surface area contributed by atoms with Gasteiger partial charge >= 0.3 is 5.97 Å². The topological polar surface area (TPSA) is 101 Å². The Hall–Kier alpha value is -3.47. The van der Waals surface area contributed by atoms with E-state index in [9.17, 15) is 14.4 Å². The Morgan fingerprint density at radius 1 is 1.08 bits per heavy atom. The fourth-order valence-electron chi connectivity index (χ4n) is 4.79. The predicted molar refractivity (Wildman–Crippen MR) is 145 cm³/mol. The number of ether oxygens (including phenoxy) is 3. The second-order valence-corrected chi connectivity index (χ2v) is 10.4. The highest BCUT2D eigenvalue weighted by atomic mass is 32.2. The number of amidine groups is 1. The lowest BCUT2D eigenvalue weighted by Gasteiger charge is -2.38. The highest BCUT2D eigenvalue weighted by molar-refractivity contribution is 8.16. The Kier molecular flexibility index (Phi) is 8.35. The number of hydrogen-bond acceptors (Lipinski definition) is 9. The Morgan fingerprint density at radius 2 is 1.76 bits per heavy atom. The van der Waals surface area contributed by atoms with Crippen LogP contribution in [0.15, 0.2) is 45.6 Å². The average molecular weight is 543 g/mol. The summed E-state index contributed by atoms with van der Waals surface area (Å²) in [5, 5.41) is 2.58. The smallest absolute Gasteiger partial charge is 0.338 e. The molecule has 10 nitrogen and oxygen atoms in total. The lowest BCUT2D eigenvalue weighted by molar-refractivity contribution is -0.143. The molecule has 204 valence electrons. The number of carbonyl (C=O) groups is 3. The molecule has 0 radical (unpaired) electrons. The molecule has 2 amide bonds. The van der Waals surface area contributed by atoms with E-state index in [1.165, 1.54) is 11.8 Å². The van der Waals surface area contributed by atoms with E-state index < -0.39 is 12.0 Å². The molecule has 0 spiro atoms. The number of rotatable bonds is 7. The molecule has 3 aliphatic rings. The second kappa shape index (κ2) is 11.5. The maximum absolute atomic E-state index is 13.4. The number of esters is 1. The highest BCUT2D eigenvalue weighted by Crippen LogP contribution is 2.47. The van der Waals surface area contributed by atoms with E-state index in [1.54, 1.807) is 63.8 Å². The van der Waals surface area contributed by atoms with Gasteiger partial charge in [0.25, 0.3) is 0 Å². The third-order valence-corrected chi connectivity index (χ3v) is 7.59. The van der Waals surface area contributed by atoms with Crippen molar-refractivity contribution in [2.45, 2.75) is 46.3 Å². The average Bonchev–Trinajstić information content (AvgIpc) is 3.28. The van der Waals surface area contributed by atoms with Crippen molar-refractivity contribution in [2.24, 2.45) is 4.99 Å². The van der Waals surface area contributed by atoms with Crippen LogP contribution < -0.4 is 9.47 Å². The number of allylic oxidation sites excluding steroid dienone is 1. The van der Waals surface area contributed by atoms with Gasteiger partial charge in [-0.15, -0.1) is 0 Å². The van der Waals surface area contributed by atoms with Crippen molar-refractivity contribution in [3.8, 4) is 11.5 Å². The maximum Gasteiger partial charge on any atom is 0.338 e. The van der Waals surface area contributed by atoms with Crippen molar-refractivity contribution in [3.05, 3.63) is 46.1 Å². The number of aliphatic imine (C=N–C) groups is 1. The molecule has 1 atom stereocenters. The van der Waals surface area contributed by atoms with Gasteiger partial charge < -0.3 is 28.9 Å². The molecule has 1 saturated heterocycles. The summed E-state index contributed by atoms with van der Waals surface area (Å²) in [7, 11) is 3.15. The first-order chi connectivity index (χ1) is 18.1. The minimum Gasteiger partial charge on any atom is -0.497 e. The fraction of sp³-hybridized carbons (Fsp3) is 0.481. The molecule has 1 fully saturated rings. The van der Waals surface area contributed by atoms with Gasteiger partial charge in [-0.05, 0) is 44.4 Å². The molecule has 0 unspecified atom stereocenters. The van der Waals surface area contributed by atoms with Crippen molar-refractivity contribution >= 4 is 34.7 Å². The third kappa shape index (κ3) is 5.52. The molecular weight excluding hydrogens is 508 g/mol. The molecule has 0 aliphatic carbocycles. The van der Waals surface area contributed by atoms with E-state index in [0.29, 0.717) is 59.7 Å². The zero-order valence-electron chi connectivity index (χ0n) is 22.6. The van der Waals surface area contributed by atoms with Crippen LogP contribution in [0.5, 0.6) is 11.5 Å². The molecule has 0 bridgehead atoms. The first-order valence-corrected chi connectivity index (χ1v) is 13.4. The summed E-state index contributed by atoms with van der Waals surface area (Å²) < 4.78 is 16.8. The largest absolute Gasteiger partial charge is 0.497 e. The molecule has 11 heteroatoms. The highest BCUT2D eigenvalue weighted by Gasteiger charge is 2.43.